The molecule has 2 aromatic carbocycles. The van der Waals surface area contributed by atoms with Crippen molar-refractivity contribution < 1.29 is 14.2 Å². The van der Waals surface area contributed by atoms with Crippen LogP contribution in [-0.2, 0) is 22.5 Å². The van der Waals surface area contributed by atoms with E-state index < -0.39 is 0 Å². The lowest BCUT2D eigenvalue weighted by atomic mass is 10.1. The van der Waals surface area contributed by atoms with Crippen molar-refractivity contribution in [3.8, 4) is 16.9 Å². The summed E-state index contributed by atoms with van der Waals surface area (Å²) in [5, 5.41) is 0. The summed E-state index contributed by atoms with van der Waals surface area (Å²) in [7, 11) is 0. The fourth-order valence-electron chi connectivity index (χ4n) is 3.76. The van der Waals surface area contributed by atoms with E-state index in [-0.39, 0.29) is 12.4 Å². The van der Waals surface area contributed by atoms with Crippen LogP contribution in [0.25, 0.3) is 11.1 Å². The summed E-state index contributed by atoms with van der Waals surface area (Å²) < 4.78 is 17.5. The average Bonchev–Trinajstić information content (AvgIpc) is 2.85. The Morgan fingerprint density at radius 3 is 2.47 bits per heavy atom. The molecule has 0 radical (unpaired) electrons. The zero-order chi connectivity index (χ0) is 22.0. The van der Waals surface area contributed by atoms with Crippen LogP contribution in [0.4, 0.5) is 0 Å². The van der Waals surface area contributed by atoms with E-state index in [1.807, 2.05) is 54.9 Å². The van der Waals surface area contributed by atoms with E-state index in [9.17, 15) is 0 Å². The quantitative estimate of drug-likeness (QED) is 0.395. The second kappa shape index (κ2) is 11.7. The van der Waals surface area contributed by atoms with E-state index in [1.54, 1.807) is 0 Å². The van der Waals surface area contributed by atoms with Crippen LogP contribution in [0.1, 0.15) is 50.4 Å². The number of rotatable bonds is 10. The van der Waals surface area contributed by atoms with Gasteiger partial charge in [0.15, 0.2) is 6.29 Å². The maximum absolute atomic E-state index is 5.94. The summed E-state index contributed by atoms with van der Waals surface area (Å²) in [4.78, 5) is 9.12. The van der Waals surface area contributed by atoms with Gasteiger partial charge in [-0.15, -0.1) is 0 Å². The third kappa shape index (κ3) is 6.87. The smallest absolute Gasteiger partial charge is 0.199 e. The Morgan fingerprint density at radius 2 is 1.75 bits per heavy atom. The number of hydrogen-bond acceptors (Lipinski definition) is 5. The molecule has 2 atom stereocenters. The molecule has 0 spiro atoms. The topological polar surface area (TPSA) is 53.5 Å². The zero-order valence-corrected chi connectivity index (χ0v) is 18.8. The van der Waals surface area contributed by atoms with E-state index in [0.717, 1.165) is 67.8 Å². The van der Waals surface area contributed by atoms with Crippen LogP contribution in [0.15, 0.2) is 67.0 Å². The zero-order valence-electron chi connectivity index (χ0n) is 18.8. The Hall–Kier alpha value is -2.76. The first-order valence-corrected chi connectivity index (χ1v) is 11.6. The summed E-state index contributed by atoms with van der Waals surface area (Å²) in [5.41, 5.74) is 3.30. The SMILES string of the molecule is CC(CCCc1ncc(-c2ccc(OC3CCCCO3)cc2)cn1)OCc1ccccc1. The predicted molar refractivity (Wildman–Crippen MR) is 125 cm³/mol. The van der Waals surface area contributed by atoms with E-state index in [0.29, 0.717) is 6.61 Å². The van der Waals surface area contributed by atoms with Crippen LogP contribution in [0.2, 0.25) is 0 Å². The van der Waals surface area contributed by atoms with E-state index in [4.69, 9.17) is 14.2 Å². The molecule has 0 saturated carbocycles. The molecule has 168 valence electrons. The summed E-state index contributed by atoms with van der Waals surface area (Å²) in [6.07, 6.45) is 9.98. The number of hydrogen-bond donors (Lipinski definition) is 0. The normalized spacial score (nSPS) is 17.1. The number of ether oxygens (including phenoxy) is 3. The average molecular weight is 433 g/mol. The van der Waals surface area contributed by atoms with Gasteiger partial charge in [-0.3, -0.25) is 0 Å². The first kappa shape index (κ1) is 22.4. The van der Waals surface area contributed by atoms with Gasteiger partial charge < -0.3 is 14.2 Å². The second-order valence-corrected chi connectivity index (χ2v) is 8.33. The molecule has 2 heterocycles. The van der Waals surface area contributed by atoms with Crippen LogP contribution < -0.4 is 4.74 Å². The van der Waals surface area contributed by atoms with Gasteiger partial charge in [0.25, 0.3) is 0 Å². The van der Waals surface area contributed by atoms with Crippen molar-refractivity contribution in [3.63, 3.8) is 0 Å². The summed E-state index contributed by atoms with van der Waals surface area (Å²) in [6.45, 7) is 3.57. The molecule has 0 aliphatic carbocycles. The molecular weight excluding hydrogens is 400 g/mol. The molecule has 1 aliphatic heterocycles. The molecule has 0 amide bonds. The minimum absolute atomic E-state index is 0.122. The van der Waals surface area contributed by atoms with Crippen LogP contribution in [0, 0.1) is 0 Å². The molecule has 1 aromatic heterocycles. The monoisotopic (exact) mass is 432 g/mol. The fraction of sp³-hybridized carbons (Fsp3) is 0.407. The van der Waals surface area contributed by atoms with Gasteiger partial charge >= 0.3 is 0 Å². The fourth-order valence-corrected chi connectivity index (χ4v) is 3.76. The lowest BCUT2D eigenvalue weighted by molar-refractivity contribution is -0.105. The summed E-state index contributed by atoms with van der Waals surface area (Å²) in [5.74, 6) is 1.71. The molecule has 5 heteroatoms. The van der Waals surface area contributed by atoms with Crippen molar-refractivity contribution in [2.24, 2.45) is 0 Å². The van der Waals surface area contributed by atoms with Crippen molar-refractivity contribution >= 4 is 0 Å². The van der Waals surface area contributed by atoms with Gasteiger partial charge in [-0.25, -0.2) is 9.97 Å². The van der Waals surface area contributed by atoms with Crippen molar-refractivity contribution in [1.29, 1.82) is 0 Å². The van der Waals surface area contributed by atoms with E-state index >= 15 is 0 Å². The highest BCUT2D eigenvalue weighted by atomic mass is 16.7. The van der Waals surface area contributed by atoms with Crippen molar-refractivity contribution in [1.82, 2.24) is 9.97 Å². The first-order chi connectivity index (χ1) is 15.8. The molecule has 32 heavy (non-hydrogen) atoms. The third-order valence-corrected chi connectivity index (χ3v) is 5.69. The third-order valence-electron chi connectivity index (χ3n) is 5.69. The van der Waals surface area contributed by atoms with Gasteiger partial charge in [0, 0.05) is 30.8 Å². The predicted octanol–water partition coefficient (Wildman–Crippen LogP) is 5.98. The van der Waals surface area contributed by atoms with Gasteiger partial charge in [-0.1, -0.05) is 42.5 Å². The highest BCUT2D eigenvalue weighted by Gasteiger charge is 2.15. The molecule has 1 fully saturated rings. The van der Waals surface area contributed by atoms with Crippen LogP contribution in [0.5, 0.6) is 5.75 Å². The molecule has 2 unspecified atom stereocenters. The molecule has 0 bridgehead atoms. The van der Waals surface area contributed by atoms with Gasteiger partial charge in [0.1, 0.15) is 11.6 Å². The highest BCUT2D eigenvalue weighted by molar-refractivity contribution is 5.62. The van der Waals surface area contributed by atoms with Crippen LogP contribution in [0.3, 0.4) is 0 Å². The number of aryl methyl sites for hydroxylation is 1. The Kier molecular flexibility index (Phi) is 8.23. The number of benzene rings is 2. The van der Waals surface area contributed by atoms with Crippen molar-refractivity contribution in [3.05, 3.63) is 78.4 Å². The second-order valence-electron chi connectivity index (χ2n) is 8.33. The Labute approximate surface area is 190 Å². The summed E-state index contributed by atoms with van der Waals surface area (Å²) >= 11 is 0. The Morgan fingerprint density at radius 1 is 0.969 bits per heavy atom. The largest absolute Gasteiger partial charge is 0.465 e. The van der Waals surface area contributed by atoms with E-state index in [1.165, 1.54) is 5.56 Å². The molecule has 0 N–H and O–H groups in total. The summed E-state index contributed by atoms with van der Waals surface area (Å²) in [6, 6.07) is 18.3. The minimum Gasteiger partial charge on any atom is -0.465 e. The molecule has 1 saturated heterocycles. The maximum atomic E-state index is 5.94. The van der Waals surface area contributed by atoms with Gasteiger partial charge in [0.05, 0.1) is 19.3 Å². The molecule has 5 nitrogen and oxygen atoms in total. The van der Waals surface area contributed by atoms with Crippen LogP contribution in [-0.4, -0.2) is 29.0 Å². The first-order valence-electron chi connectivity index (χ1n) is 11.6. The molecule has 3 aromatic rings. The highest BCUT2D eigenvalue weighted by Crippen LogP contribution is 2.24. The Bertz CT molecular complexity index is 923. The van der Waals surface area contributed by atoms with Gasteiger partial charge in [0.2, 0.25) is 0 Å². The maximum Gasteiger partial charge on any atom is 0.199 e. The van der Waals surface area contributed by atoms with Crippen molar-refractivity contribution in [2.75, 3.05) is 6.61 Å². The van der Waals surface area contributed by atoms with Gasteiger partial charge in [-0.2, -0.15) is 0 Å². The minimum atomic E-state index is -0.122. The Balaban J connectivity index is 1.20. The van der Waals surface area contributed by atoms with Crippen LogP contribution >= 0.6 is 0 Å². The lowest BCUT2D eigenvalue weighted by Gasteiger charge is -2.23. The molecule has 1 aliphatic rings. The number of aromatic nitrogens is 2. The standard InChI is InChI=1S/C27H32N2O3/c1-21(31-20-22-9-3-2-4-10-22)8-7-11-26-28-18-24(19-29-26)23-13-15-25(16-14-23)32-27-12-5-6-17-30-27/h2-4,9-10,13-16,18-19,21,27H,5-8,11-12,17,20H2,1H3. The molecular formula is C27H32N2O3. The number of nitrogens with zero attached hydrogens (tertiary/aromatic N) is 2. The van der Waals surface area contributed by atoms with Crippen molar-refractivity contribution in [2.45, 2.75) is 64.4 Å². The molecule has 4 rings (SSSR count). The van der Waals surface area contributed by atoms with Gasteiger partial charge in [-0.05, 0) is 55.9 Å². The lowest BCUT2D eigenvalue weighted by Crippen LogP contribution is -2.24. The van der Waals surface area contributed by atoms with E-state index in [2.05, 4.69) is 29.0 Å².